The standard InChI is InChI=1S/C39H75N3O13/c1-13-28-38(10,47)32(44)21(2)19-42-22(3)17-36(8,46)33(55-35-30(43)27(40)16-23(4)51-35)24(5)31(25(6)34(45)53-28)54-29-18-37(9,50-12)39(48,26(7)52-29)20-41-14-15-49-11/h21-33,35,41-44,46-48H,13-20,40H2,1-12H3/t21-,22-,23-,24-,25-,26+,27+,28+,29?,30-,31-,32+,33-,35+,36-,37-,38-,39+/m1/s1. The highest BCUT2D eigenvalue weighted by atomic mass is 16.7. The number of esters is 1. The monoisotopic (exact) mass is 794 g/mol. The van der Waals surface area contributed by atoms with Gasteiger partial charge in [-0.25, -0.2) is 0 Å². The van der Waals surface area contributed by atoms with Gasteiger partial charge in [0.1, 0.15) is 29.0 Å². The van der Waals surface area contributed by atoms with Crippen LogP contribution in [0.25, 0.3) is 0 Å². The summed E-state index contributed by atoms with van der Waals surface area (Å²) in [5.74, 6) is -3.05. The van der Waals surface area contributed by atoms with E-state index in [1.165, 1.54) is 14.0 Å². The van der Waals surface area contributed by atoms with Gasteiger partial charge < -0.3 is 75.1 Å². The van der Waals surface area contributed by atoms with Gasteiger partial charge >= 0.3 is 5.97 Å². The van der Waals surface area contributed by atoms with E-state index in [4.69, 9.17) is 38.9 Å². The van der Waals surface area contributed by atoms with Crippen LogP contribution < -0.4 is 16.4 Å². The van der Waals surface area contributed by atoms with Crippen LogP contribution in [0.15, 0.2) is 0 Å². The molecule has 3 saturated heterocycles. The van der Waals surface area contributed by atoms with Crippen LogP contribution in [-0.2, 0) is 38.0 Å². The number of hydrogen-bond acceptors (Lipinski definition) is 16. The Bertz CT molecular complexity index is 1200. The number of cyclic esters (lactones) is 1. The largest absolute Gasteiger partial charge is 0.459 e. The Hall–Kier alpha value is -1.09. The van der Waals surface area contributed by atoms with Crippen molar-refractivity contribution < 1.29 is 63.5 Å². The van der Waals surface area contributed by atoms with Crippen molar-refractivity contribution in [2.24, 2.45) is 23.5 Å². The molecule has 0 aromatic rings. The summed E-state index contributed by atoms with van der Waals surface area (Å²) in [6.45, 7) is 18.6. The normalized spacial score (nSPS) is 48.4. The highest BCUT2D eigenvalue weighted by Gasteiger charge is 2.58. The van der Waals surface area contributed by atoms with Crippen molar-refractivity contribution in [3.63, 3.8) is 0 Å². The maximum atomic E-state index is 14.2. The average molecular weight is 794 g/mol. The van der Waals surface area contributed by atoms with E-state index in [0.29, 0.717) is 19.6 Å². The number of nitrogens with one attached hydrogen (secondary N) is 2. The smallest absolute Gasteiger partial charge is 0.311 e. The van der Waals surface area contributed by atoms with E-state index in [2.05, 4.69) is 10.6 Å². The number of hydrogen-bond donors (Lipinski definition) is 8. The SMILES string of the molecule is CC[C@@H]1OC(=O)[C@H](C)[C@H](OC2C[C@@](C)(OC)[C@](O)(CNCCOC)[C@H](C)O2)[C@@H](C)[C@@H](O[C@@H]2O[C@H](C)C[C@H](N)[C@H]2O)[C@](C)(O)C[C@@H](C)NC[C@@H](C)[C@H](O)[C@]1(C)O. The Morgan fingerprint density at radius 3 is 2.24 bits per heavy atom. The number of aliphatic hydroxyl groups excluding tert-OH is 2. The first-order valence-electron chi connectivity index (χ1n) is 20.1. The van der Waals surface area contributed by atoms with Crippen LogP contribution in [0.4, 0.5) is 0 Å². The van der Waals surface area contributed by atoms with E-state index < -0.39 is 101 Å². The molecule has 3 aliphatic heterocycles. The van der Waals surface area contributed by atoms with Crippen LogP contribution >= 0.6 is 0 Å². The molecule has 3 fully saturated rings. The molecular formula is C39H75N3O13. The second kappa shape index (κ2) is 19.8. The molecule has 0 aromatic heterocycles. The van der Waals surface area contributed by atoms with Gasteiger partial charge in [0.15, 0.2) is 12.6 Å². The summed E-state index contributed by atoms with van der Waals surface area (Å²) in [6, 6.07) is -0.968. The van der Waals surface area contributed by atoms with Gasteiger partial charge in [-0.05, 0) is 73.6 Å². The minimum Gasteiger partial charge on any atom is -0.459 e. The lowest BCUT2D eigenvalue weighted by Gasteiger charge is -2.53. The average Bonchev–Trinajstić information content (AvgIpc) is 3.11. The minimum absolute atomic E-state index is 0.0529. The zero-order chi connectivity index (χ0) is 41.7. The summed E-state index contributed by atoms with van der Waals surface area (Å²) in [7, 11) is 3.10. The van der Waals surface area contributed by atoms with Gasteiger partial charge in [0.05, 0.1) is 48.6 Å². The third kappa shape index (κ3) is 11.1. The number of rotatable bonds is 11. The Morgan fingerprint density at radius 2 is 1.64 bits per heavy atom. The first kappa shape index (κ1) is 48.3. The molecule has 16 heteroatoms. The molecule has 0 spiro atoms. The molecule has 0 bridgehead atoms. The number of carbonyl (C=O) groups is 1. The molecule has 9 N–H and O–H groups in total. The molecule has 1 unspecified atom stereocenters. The van der Waals surface area contributed by atoms with E-state index in [0.717, 1.165) is 0 Å². The van der Waals surface area contributed by atoms with Gasteiger partial charge in [-0.1, -0.05) is 20.8 Å². The van der Waals surface area contributed by atoms with Crippen LogP contribution in [-0.4, -0.2) is 162 Å². The van der Waals surface area contributed by atoms with Crippen LogP contribution in [0.5, 0.6) is 0 Å². The van der Waals surface area contributed by atoms with Gasteiger partial charge in [-0.3, -0.25) is 4.79 Å². The number of carbonyl (C=O) groups excluding carboxylic acids is 1. The molecule has 55 heavy (non-hydrogen) atoms. The predicted octanol–water partition coefficient (Wildman–Crippen LogP) is 0.562. The Morgan fingerprint density at radius 1 is 0.982 bits per heavy atom. The third-order valence-corrected chi connectivity index (χ3v) is 12.5. The molecule has 0 amide bonds. The summed E-state index contributed by atoms with van der Waals surface area (Å²) in [5.41, 5.74) is 0.183. The maximum Gasteiger partial charge on any atom is 0.311 e. The summed E-state index contributed by atoms with van der Waals surface area (Å²) >= 11 is 0. The van der Waals surface area contributed by atoms with E-state index >= 15 is 0 Å². The van der Waals surface area contributed by atoms with Gasteiger partial charge in [-0.15, -0.1) is 0 Å². The minimum atomic E-state index is -1.80. The summed E-state index contributed by atoms with van der Waals surface area (Å²) in [4.78, 5) is 14.2. The molecule has 0 saturated carbocycles. The lowest BCUT2D eigenvalue weighted by molar-refractivity contribution is -0.335. The fraction of sp³-hybridized carbons (Fsp3) is 0.974. The molecule has 0 aromatic carbocycles. The Balaban J connectivity index is 2.12. The van der Waals surface area contributed by atoms with Crippen molar-refractivity contribution in [1.29, 1.82) is 0 Å². The van der Waals surface area contributed by atoms with Crippen molar-refractivity contribution >= 4 is 5.97 Å². The fourth-order valence-corrected chi connectivity index (χ4v) is 8.74. The first-order chi connectivity index (χ1) is 25.5. The van der Waals surface area contributed by atoms with Gasteiger partial charge in [0.2, 0.25) is 0 Å². The van der Waals surface area contributed by atoms with Crippen LogP contribution in [0, 0.1) is 17.8 Å². The van der Waals surface area contributed by atoms with Gasteiger partial charge in [0.25, 0.3) is 0 Å². The fourth-order valence-electron chi connectivity index (χ4n) is 8.74. The van der Waals surface area contributed by atoms with Crippen LogP contribution in [0.2, 0.25) is 0 Å². The molecule has 0 aliphatic carbocycles. The van der Waals surface area contributed by atoms with E-state index in [1.807, 2.05) is 13.8 Å². The molecule has 324 valence electrons. The predicted molar refractivity (Wildman–Crippen MR) is 204 cm³/mol. The number of nitrogens with two attached hydrogens (primary N) is 1. The van der Waals surface area contributed by atoms with E-state index in [-0.39, 0.29) is 44.5 Å². The zero-order valence-corrected chi connectivity index (χ0v) is 35.3. The quantitative estimate of drug-likeness (QED) is 0.106. The summed E-state index contributed by atoms with van der Waals surface area (Å²) in [6.07, 6.45) is -8.33. The zero-order valence-electron chi connectivity index (χ0n) is 35.3. The number of methoxy groups -OCH3 is 2. The Kier molecular flexibility index (Phi) is 17.4. The van der Waals surface area contributed by atoms with E-state index in [1.54, 1.807) is 55.6 Å². The molecule has 18 atom stereocenters. The van der Waals surface area contributed by atoms with Crippen molar-refractivity contribution in [3.8, 4) is 0 Å². The van der Waals surface area contributed by atoms with Crippen molar-refractivity contribution in [2.75, 3.05) is 40.5 Å². The highest BCUT2D eigenvalue weighted by molar-refractivity contribution is 5.73. The van der Waals surface area contributed by atoms with E-state index in [9.17, 15) is 30.3 Å². The van der Waals surface area contributed by atoms with Gasteiger partial charge in [0, 0.05) is 58.3 Å². The molecule has 3 rings (SSSR count). The topological polar surface area (TPSA) is 233 Å². The maximum absolute atomic E-state index is 14.2. The van der Waals surface area contributed by atoms with Crippen molar-refractivity contribution in [2.45, 2.75) is 185 Å². The molecule has 3 aliphatic rings. The lowest BCUT2D eigenvalue weighted by Crippen LogP contribution is -2.70. The molecular weight excluding hydrogens is 718 g/mol. The summed E-state index contributed by atoms with van der Waals surface area (Å²) < 4.78 is 42.9. The molecule has 16 nitrogen and oxygen atoms in total. The van der Waals surface area contributed by atoms with Gasteiger partial charge in [-0.2, -0.15) is 0 Å². The van der Waals surface area contributed by atoms with Crippen LogP contribution in [0.1, 0.15) is 94.9 Å². The van der Waals surface area contributed by atoms with Crippen molar-refractivity contribution in [3.05, 3.63) is 0 Å². The second-order valence-corrected chi connectivity index (χ2v) is 17.3. The number of aliphatic hydroxyl groups is 5. The first-order valence-corrected chi connectivity index (χ1v) is 20.1. The number of ether oxygens (including phenoxy) is 7. The lowest BCUT2D eigenvalue weighted by atomic mass is 9.75. The summed E-state index contributed by atoms with van der Waals surface area (Å²) in [5, 5.41) is 65.1. The van der Waals surface area contributed by atoms with Crippen molar-refractivity contribution in [1.82, 2.24) is 10.6 Å². The third-order valence-electron chi connectivity index (χ3n) is 12.5. The highest BCUT2D eigenvalue weighted by Crippen LogP contribution is 2.43. The molecule has 3 heterocycles. The van der Waals surface area contributed by atoms with Crippen LogP contribution in [0.3, 0.4) is 0 Å². The Labute approximate surface area is 328 Å². The second-order valence-electron chi connectivity index (χ2n) is 17.3. The molecule has 0 radical (unpaired) electrons.